The number of nitrogens with zero attached hydrogens (tertiary/aromatic N) is 3. The van der Waals surface area contributed by atoms with Crippen LogP contribution < -0.4 is 4.74 Å². The lowest BCUT2D eigenvalue weighted by atomic mass is 10.2. The summed E-state index contributed by atoms with van der Waals surface area (Å²) < 4.78 is 13.0. The van der Waals surface area contributed by atoms with Crippen LogP contribution >= 0.6 is 15.9 Å². The summed E-state index contributed by atoms with van der Waals surface area (Å²) in [6.07, 6.45) is 3.17. The number of esters is 1. The summed E-state index contributed by atoms with van der Waals surface area (Å²) in [5, 5.41) is 4.23. The molecule has 0 saturated heterocycles. The van der Waals surface area contributed by atoms with Crippen molar-refractivity contribution in [3.63, 3.8) is 0 Å². The van der Waals surface area contributed by atoms with Crippen molar-refractivity contribution in [3.05, 3.63) is 70.1 Å². The molecule has 128 valence electrons. The predicted molar refractivity (Wildman–Crippen MR) is 95.9 cm³/mol. The number of rotatable bonds is 5. The Morgan fingerprint density at radius 3 is 2.80 bits per heavy atom. The molecule has 0 N–H and O–H groups in total. The fourth-order valence-electron chi connectivity index (χ4n) is 2.35. The van der Waals surface area contributed by atoms with E-state index in [1.807, 2.05) is 43.3 Å². The maximum atomic E-state index is 12.4. The number of hydrogen-bond donors (Lipinski definition) is 0. The Balaban J connectivity index is 1.72. The molecule has 0 radical (unpaired) electrons. The molecule has 1 aromatic carbocycles. The van der Waals surface area contributed by atoms with Crippen LogP contribution in [0.4, 0.5) is 0 Å². The first-order valence-electron chi connectivity index (χ1n) is 7.55. The fraction of sp³-hybridized carbons (Fsp3) is 0.167. The number of methoxy groups -OCH3 is 1. The van der Waals surface area contributed by atoms with Gasteiger partial charge in [-0.2, -0.15) is 5.10 Å². The molecule has 25 heavy (non-hydrogen) atoms. The SMILES string of the molecule is COc1ccc(COC(=O)c2cnn(-c3ccccn3)c2C)cc1Br. The van der Waals surface area contributed by atoms with Gasteiger partial charge < -0.3 is 9.47 Å². The van der Waals surface area contributed by atoms with E-state index in [4.69, 9.17) is 9.47 Å². The molecule has 2 aromatic heterocycles. The minimum absolute atomic E-state index is 0.162. The number of pyridine rings is 1. The quantitative estimate of drug-likeness (QED) is 0.609. The van der Waals surface area contributed by atoms with Crippen LogP contribution in [0.3, 0.4) is 0 Å². The van der Waals surface area contributed by atoms with Crippen molar-refractivity contribution < 1.29 is 14.3 Å². The van der Waals surface area contributed by atoms with Crippen molar-refractivity contribution in [3.8, 4) is 11.6 Å². The number of halogens is 1. The Bertz CT molecular complexity index is 894. The highest BCUT2D eigenvalue weighted by molar-refractivity contribution is 9.10. The molecule has 3 rings (SSSR count). The van der Waals surface area contributed by atoms with Gasteiger partial charge in [-0.15, -0.1) is 0 Å². The summed E-state index contributed by atoms with van der Waals surface area (Å²) in [4.78, 5) is 16.6. The fourth-order valence-corrected chi connectivity index (χ4v) is 2.93. The molecule has 0 fully saturated rings. The monoisotopic (exact) mass is 401 g/mol. The van der Waals surface area contributed by atoms with Gasteiger partial charge in [-0.1, -0.05) is 12.1 Å². The Labute approximate surface area is 153 Å². The molecule has 0 aliphatic carbocycles. The summed E-state index contributed by atoms with van der Waals surface area (Å²) in [7, 11) is 1.60. The van der Waals surface area contributed by atoms with Crippen LogP contribution in [0.15, 0.2) is 53.3 Å². The van der Waals surface area contributed by atoms with Gasteiger partial charge in [0.2, 0.25) is 0 Å². The van der Waals surface area contributed by atoms with Crippen LogP contribution in [-0.2, 0) is 11.3 Å². The molecule has 0 bridgehead atoms. The minimum atomic E-state index is -0.424. The molecule has 3 aromatic rings. The van der Waals surface area contributed by atoms with Crippen molar-refractivity contribution in [1.82, 2.24) is 14.8 Å². The van der Waals surface area contributed by atoms with Gasteiger partial charge in [0.1, 0.15) is 17.9 Å². The number of carbonyl (C=O) groups excluding carboxylic acids is 1. The number of hydrogen-bond acceptors (Lipinski definition) is 5. The summed E-state index contributed by atoms with van der Waals surface area (Å²) >= 11 is 3.41. The van der Waals surface area contributed by atoms with E-state index >= 15 is 0 Å². The molecule has 0 saturated carbocycles. The molecule has 0 aliphatic heterocycles. The normalized spacial score (nSPS) is 10.5. The third-order valence-corrected chi connectivity index (χ3v) is 4.30. The molecule has 0 amide bonds. The van der Waals surface area contributed by atoms with Gasteiger partial charge in [-0.05, 0) is 52.7 Å². The van der Waals surface area contributed by atoms with Gasteiger partial charge in [0.25, 0.3) is 0 Å². The first-order chi connectivity index (χ1) is 12.1. The largest absolute Gasteiger partial charge is 0.496 e. The van der Waals surface area contributed by atoms with Crippen LogP contribution in [0.5, 0.6) is 5.75 Å². The van der Waals surface area contributed by atoms with Crippen molar-refractivity contribution >= 4 is 21.9 Å². The molecular formula is C18H16BrN3O3. The van der Waals surface area contributed by atoms with Gasteiger partial charge in [0.05, 0.1) is 23.5 Å². The highest BCUT2D eigenvalue weighted by Gasteiger charge is 2.17. The molecule has 2 heterocycles. The van der Waals surface area contributed by atoms with E-state index in [1.165, 1.54) is 6.20 Å². The van der Waals surface area contributed by atoms with E-state index in [1.54, 1.807) is 18.0 Å². The average Bonchev–Trinajstić information content (AvgIpc) is 3.02. The lowest BCUT2D eigenvalue weighted by Crippen LogP contribution is -2.08. The number of carbonyl (C=O) groups is 1. The maximum Gasteiger partial charge on any atom is 0.341 e. The lowest BCUT2D eigenvalue weighted by molar-refractivity contribution is 0.0471. The van der Waals surface area contributed by atoms with Crippen LogP contribution in [0, 0.1) is 6.92 Å². The van der Waals surface area contributed by atoms with E-state index in [9.17, 15) is 4.79 Å². The van der Waals surface area contributed by atoms with E-state index in [-0.39, 0.29) is 6.61 Å². The number of ether oxygens (including phenoxy) is 2. The second kappa shape index (κ2) is 7.48. The Morgan fingerprint density at radius 2 is 2.12 bits per heavy atom. The van der Waals surface area contributed by atoms with E-state index in [2.05, 4.69) is 26.0 Å². The second-order valence-corrected chi connectivity index (χ2v) is 6.14. The van der Waals surface area contributed by atoms with Crippen LogP contribution in [0.25, 0.3) is 5.82 Å². The molecule has 0 aliphatic rings. The Kier molecular flexibility index (Phi) is 5.14. The zero-order chi connectivity index (χ0) is 17.8. The highest BCUT2D eigenvalue weighted by Crippen LogP contribution is 2.26. The van der Waals surface area contributed by atoms with E-state index in [0.717, 1.165) is 15.8 Å². The smallest absolute Gasteiger partial charge is 0.341 e. The van der Waals surface area contributed by atoms with Gasteiger partial charge >= 0.3 is 5.97 Å². The van der Waals surface area contributed by atoms with Gasteiger partial charge in [-0.3, -0.25) is 0 Å². The van der Waals surface area contributed by atoms with Crippen molar-refractivity contribution in [2.24, 2.45) is 0 Å². The summed E-state index contributed by atoms with van der Waals surface area (Å²) in [6.45, 7) is 1.97. The first-order valence-corrected chi connectivity index (χ1v) is 8.35. The summed E-state index contributed by atoms with van der Waals surface area (Å²) in [5.74, 6) is 0.951. The van der Waals surface area contributed by atoms with E-state index in [0.29, 0.717) is 17.1 Å². The maximum absolute atomic E-state index is 12.4. The molecule has 0 atom stereocenters. The summed E-state index contributed by atoms with van der Waals surface area (Å²) in [6, 6.07) is 11.0. The Hall–Kier alpha value is -2.67. The highest BCUT2D eigenvalue weighted by atomic mass is 79.9. The minimum Gasteiger partial charge on any atom is -0.496 e. The standard InChI is InChI=1S/C18H16BrN3O3/c1-12-14(10-21-22(12)17-5-3-4-8-20-17)18(23)25-11-13-6-7-16(24-2)15(19)9-13/h3-10H,11H2,1-2H3. The van der Waals surface area contributed by atoms with Crippen molar-refractivity contribution in [2.75, 3.05) is 7.11 Å². The second-order valence-electron chi connectivity index (χ2n) is 5.29. The first kappa shape index (κ1) is 17.2. The van der Waals surface area contributed by atoms with Crippen LogP contribution in [0.1, 0.15) is 21.6 Å². The lowest BCUT2D eigenvalue weighted by Gasteiger charge is -2.08. The third kappa shape index (κ3) is 3.71. The van der Waals surface area contributed by atoms with Gasteiger partial charge in [0.15, 0.2) is 5.82 Å². The summed E-state index contributed by atoms with van der Waals surface area (Å²) in [5.41, 5.74) is 1.95. The van der Waals surface area contributed by atoms with Crippen LogP contribution in [-0.4, -0.2) is 27.8 Å². The predicted octanol–water partition coefficient (Wildman–Crippen LogP) is 3.70. The zero-order valence-electron chi connectivity index (χ0n) is 13.8. The van der Waals surface area contributed by atoms with Crippen molar-refractivity contribution in [1.29, 1.82) is 0 Å². The van der Waals surface area contributed by atoms with Crippen LogP contribution in [0.2, 0.25) is 0 Å². The molecule has 6 nitrogen and oxygen atoms in total. The Morgan fingerprint density at radius 1 is 1.28 bits per heavy atom. The molecule has 0 unspecified atom stereocenters. The molecule has 0 spiro atoms. The van der Waals surface area contributed by atoms with Gasteiger partial charge in [0, 0.05) is 6.20 Å². The average molecular weight is 402 g/mol. The topological polar surface area (TPSA) is 66.2 Å². The van der Waals surface area contributed by atoms with Crippen molar-refractivity contribution in [2.45, 2.75) is 13.5 Å². The van der Waals surface area contributed by atoms with Gasteiger partial charge in [-0.25, -0.2) is 14.5 Å². The molecular weight excluding hydrogens is 386 g/mol. The number of aromatic nitrogens is 3. The number of benzene rings is 1. The molecule has 7 heteroatoms. The van der Waals surface area contributed by atoms with E-state index < -0.39 is 5.97 Å². The third-order valence-electron chi connectivity index (χ3n) is 3.68. The zero-order valence-corrected chi connectivity index (χ0v) is 15.4.